The van der Waals surface area contributed by atoms with Gasteiger partial charge in [0.2, 0.25) is 5.91 Å². The van der Waals surface area contributed by atoms with E-state index in [1.165, 1.54) is 0 Å². The van der Waals surface area contributed by atoms with Crippen LogP contribution in [0, 0.1) is 0 Å². The highest BCUT2D eigenvalue weighted by molar-refractivity contribution is 5.95. The molecule has 0 unspecified atom stereocenters. The highest BCUT2D eigenvalue weighted by atomic mass is 16.2. The summed E-state index contributed by atoms with van der Waals surface area (Å²) in [5, 5.41) is 5.45. The molecule has 0 saturated heterocycles. The van der Waals surface area contributed by atoms with Gasteiger partial charge in [0.25, 0.3) is 5.91 Å². The average Bonchev–Trinajstić information content (AvgIpc) is 2.37. The molecule has 0 aromatic heterocycles. The standard InChI is InChI=1S/C14H18N2O2/c1-3-5-13(17)16-12-8-6-11(7-9-12)14(18)15-10-4-2/h4,6-9H,2-3,5,10H2,1H3,(H,15,18)(H,16,17). The third kappa shape index (κ3) is 4.41. The molecule has 0 aliphatic rings. The van der Waals surface area contributed by atoms with Crippen LogP contribution >= 0.6 is 0 Å². The number of nitrogens with one attached hydrogen (secondary N) is 2. The minimum atomic E-state index is -0.152. The van der Waals surface area contributed by atoms with E-state index in [-0.39, 0.29) is 11.8 Å². The summed E-state index contributed by atoms with van der Waals surface area (Å²) in [4.78, 5) is 23.0. The Bertz CT molecular complexity index is 424. The lowest BCUT2D eigenvalue weighted by molar-refractivity contribution is -0.116. The normalized spacial score (nSPS) is 9.61. The Balaban J connectivity index is 2.59. The number of benzene rings is 1. The Labute approximate surface area is 107 Å². The number of amides is 2. The molecule has 4 heteroatoms. The second kappa shape index (κ2) is 7.27. The quantitative estimate of drug-likeness (QED) is 0.757. The molecule has 0 saturated carbocycles. The smallest absolute Gasteiger partial charge is 0.251 e. The highest BCUT2D eigenvalue weighted by Crippen LogP contribution is 2.10. The van der Waals surface area contributed by atoms with Crippen LogP contribution in [0.2, 0.25) is 0 Å². The molecule has 0 aliphatic carbocycles. The monoisotopic (exact) mass is 246 g/mol. The first-order valence-corrected chi connectivity index (χ1v) is 5.96. The van der Waals surface area contributed by atoms with Crippen LogP contribution in [-0.4, -0.2) is 18.4 Å². The summed E-state index contributed by atoms with van der Waals surface area (Å²) in [6.07, 6.45) is 2.94. The van der Waals surface area contributed by atoms with Gasteiger partial charge in [0.15, 0.2) is 0 Å². The van der Waals surface area contributed by atoms with E-state index in [1.807, 2.05) is 6.92 Å². The molecule has 1 aromatic rings. The Kier molecular flexibility index (Phi) is 5.64. The largest absolute Gasteiger partial charge is 0.349 e. The molecule has 18 heavy (non-hydrogen) atoms. The molecule has 0 fully saturated rings. The molecule has 2 N–H and O–H groups in total. The van der Waals surface area contributed by atoms with E-state index in [4.69, 9.17) is 0 Å². The van der Waals surface area contributed by atoms with Gasteiger partial charge in [-0.25, -0.2) is 0 Å². The lowest BCUT2D eigenvalue weighted by atomic mass is 10.2. The van der Waals surface area contributed by atoms with Crippen molar-refractivity contribution in [3.8, 4) is 0 Å². The van der Waals surface area contributed by atoms with Crippen molar-refractivity contribution in [1.82, 2.24) is 5.32 Å². The Morgan fingerprint density at radius 3 is 2.50 bits per heavy atom. The van der Waals surface area contributed by atoms with E-state index in [0.717, 1.165) is 6.42 Å². The maximum absolute atomic E-state index is 11.6. The predicted molar refractivity (Wildman–Crippen MR) is 72.5 cm³/mol. The molecule has 4 nitrogen and oxygen atoms in total. The average molecular weight is 246 g/mol. The van der Waals surface area contributed by atoms with Crippen molar-refractivity contribution in [2.45, 2.75) is 19.8 Å². The number of hydrogen-bond acceptors (Lipinski definition) is 2. The number of rotatable bonds is 6. The lowest BCUT2D eigenvalue weighted by Crippen LogP contribution is -2.23. The Hall–Kier alpha value is -2.10. The molecule has 0 spiro atoms. The number of carbonyl (C=O) groups is 2. The number of anilines is 1. The van der Waals surface area contributed by atoms with Crippen molar-refractivity contribution >= 4 is 17.5 Å². The molecule has 0 bridgehead atoms. The fourth-order valence-corrected chi connectivity index (χ4v) is 1.42. The van der Waals surface area contributed by atoms with E-state index in [2.05, 4.69) is 17.2 Å². The van der Waals surface area contributed by atoms with Crippen LogP contribution in [0.3, 0.4) is 0 Å². The first kappa shape index (κ1) is 14.0. The fourth-order valence-electron chi connectivity index (χ4n) is 1.42. The number of carbonyl (C=O) groups excluding carboxylic acids is 2. The molecule has 96 valence electrons. The zero-order valence-corrected chi connectivity index (χ0v) is 10.5. The van der Waals surface area contributed by atoms with Gasteiger partial charge < -0.3 is 10.6 Å². The van der Waals surface area contributed by atoms with Crippen molar-refractivity contribution < 1.29 is 9.59 Å². The zero-order valence-electron chi connectivity index (χ0n) is 10.5. The molecule has 0 radical (unpaired) electrons. The second-order valence-electron chi connectivity index (χ2n) is 3.87. The van der Waals surface area contributed by atoms with Gasteiger partial charge >= 0.3 is 0 Å². The van der Waals surface area contributed by atoms with Gasteiger partial charge in [0.05, 0.1) is 0 Å². The lowest BCUT2D eigenvalue weighted by Gasteiger charge is -2.06. The van der Waals surface area contributed by atoms with Crippen LogP contribution in [0.25, 0.3) is 0 Å². The van der Waals surface area contributed by atoms with Crippen molar-refractivity contribution in [3.63, 3.8) is 0 Å². The van der Waals surface area contributed by atoms with Crippen molar-refractivity contribution in [3.05, 3.63) is 42.5 Å². The predicted octanol–water partition coefficient (Wildman–Crippen LogP) is 2.34. The molecule has 1 rings (SSSR count). The summed E-state index contributed by atoms with van der Waals surface area (Å²) < 4.78 is 0. The SMILES string of the molecule is C=CCNC(=O)c1ccc(NC(=O)CCC)cc1. The maximum atomic E-state index is 11.6. The highest BCUT2D eigenvalue weighted by Gasteiger charge is 2.05. The molecule has 1 aromatic carbocycles. The Morgan fingerprint density at radius 2 is 1.94 bits per heavy atom. The third-order valence-electron chi connectivity index (χ3n) is 2.31. The summed E-state index contributed by atoms with van der Waals surface area (Å²) >= 11 is 0. The molecular weight excluding hydrogens is 228 g/mol. The number of hydrogen-bond donors (Lipinski definition) is 2. The van der Waals surface area contributed by atoms with Gasteiger partial charge in [-0.15, -0.1) is 6.58 Å². The summed E-state index contributed by atoms with van der Waals surface area (Å²) in [6, 6.07) is 6.80. The van der Waals surface area contributed by atoms with Gasteiger partial charge in [0.1, 0.15) is 0 Å². The maximum Gasteiger partial charge on any atom is 0.251 e. The van der Waals surface area contributed by atoms with Crippen LogP contribution in [0.15, 0.2) is 36.9 Å². The van der Waals surface area contributed by atoms with Crippen molar-refractivity contribution in [2.24, 2.45) is 0 Å². The summed E-state index contributed by atoms with van der Waals surface area (Å²) in [6.45, 7) is 5.92. The van der Waals surface area contributed by atoms with Crippen molar-refractivity contribution in [2.75, 3.05) is 11.9 Å². The minimum Gasteiger partial charge on any atom is -0.349 e. The van der Waals surface area contributed by atoms with Crippen LogP contribution in [-0.2, 0) is 4.79 Å². The Morgan fingerprint density at radius 1 is 1.28 bits per heavy atom. The van der Waals surface area contributed by atoms with E-state index in [9.17, 15) is 9.59 Å². The summed E-state index contributed by atoms with van der Waals surface area (Å²) in [7, 11) is 0. The van der Waals surface area contributed by atoms with Gasteiger partial charge in [0, 0.05) is 24.2 Å². The third-order valence-corrected chi connectivity index (χ3v) is 2.31. The van der Waals surface area contributed by atoms with Crippen LogP contribution in [0.4, 0.5) is 5.69 Å². The van der Waals surface area contributed by atoms with Crippen LogP contribution < -0.4 is 10.6 Å². The van der Waals surface area contributed by atoms with Crippen LogP contribution in [0.1, 0.15) is 30.1 Å². The molecular formula is C14H18N2O2. The summed E-state index contributed by atoms with van der Waals surface area (Å²) in [5.74, 6) is -0.164. The summed E-state index contributed by atoms with van der Waals surface area (Å²) in [5.41, 5.74) is 1.26. The first-order chi connectivity index (χ1) is 8.67. The van der Waals surface area contributed by atoms with Crippen molar-refractivity contribution in [1.29, 1.82) is 0 Å². The molecule has 0 atom stereocenters. The second-order valence-corrected chi connectivity index (χ2v) is 3.87. The van der Waals surface area contributed by atoms with E-state index < -0.39 is 0 Å². The molecule has 2 amide bonds. The van der Waals surface area contributed by atoms with Crippen LogP contribution in [0.5, 0.6) is 0 Å². The first-order valence-electron chi connectivity index (χ1n) is 5.96. The molecule has 0 heterocycles. The van der Waals surface area contributed by atoms with Gasteiger partial charge in [-0.1, -0.05) is 13.0 Å². The van der Waals surface area contributed by atoms with Gasteiger partial charge in [-0.2, -0.15) is 0 Å². The van der Waals surface area contributed by atoms with Gasteiger partial charge in [-0.3, -0.25) is 9.59 Å². The zero-order chi connectivity index (χ0) is 13.4. The minimum absolute atomic E-state index is 0.0126. The van der Waals surface area contributed by atoms with E-state index >= 15 is 0 Å². The van der Waals surface area contributed by atoms with E-state index in [1.54, 1.807) is 30.3 Å². The topological polar surface area (TPSA) is 58.2 Å². The van der Waals surface area contributed by atoms with E-state index in [0.29, 0.717) is 24.2 Å². The van der Waals surface area contributed by atoms with Gasteiger partial charge in [-0.05, 0) is 30.7 Å². The molecule has 0 aliphatic heterocycles. The fraction of sp³-hybridized carbons (Fsp3) is 0.286.